The van der Waals surface area contributed by atoms with Crippen LogP contribution in [0.2, 0.25) is 0 Å². The van der Waals surface area contributed by atoms with Gasteiger partial charge >= 0.3 is 19.8 Å². The highest BCUT2D eigenvalue weighted by atomic mass is 31.2. The molecule has 0 saturated carbocycles. The molecule has 0 rings (SSSR count). The molecule has 0 spiro atoms. The number of hydrogen-bond donors (Lipinski definition) is 1. The molecule has 2 atom stereocenters. The van der Waals surface area contributed by atoms with E-state index in [0.717, 1.165) is 44.9 Å². The number of unbranched alkanes of at least 4 members (excludes halogenated alkanes) is 12. The SMILES string of the molecule is CCCCCCCC/C=C/CCCCCCCC(=O)OC[C@H](COP(=O)(O)OCC[N+](C)(C)C)OC(=O)CCCC. The van der Waals surface area contributed by atoms with Crippen molar-refractivity contribution >= 4 is 19.8 Å². The van der Waals surface area contributed by atoms with Gasteiger partial charge in [0, 0.05) is 12.8 Å². The lowest BCUT2D eigenvalue weighted by Gasteiger charge is -2.24. The molecule has 0 heterocycles. The zero-order chi connectivity index (χ0) is 30.8. The summed E-state index contributed by atoms with van der Waals surface area (Å²) < 4.78 is 33.5. The number of carbonyl (C=O) groups excluding carboxylic acids is 2. The molecule has 0 radical (unpaired) electrons. The van der Waals surface area contributed by atoms with Crippen LogP contribution in [0.5, 0.6) is 0 Å². The van der Waals surface area contributed by atoms with Crippen molar-refractivity contribution in [2.75, 3.05) is 47.5 Å². The molecule has 1 unspecified atom stereocenters. The molecule has 0 saturated heterocycles. The molecule has 0 aliphatic rings. The molecule has 0 aromatic rings. The average molecular weight is 607 g/mol. The maximum Gasteiger partial charge on any atom is 0.472 e. The van der Waals surface area contributed by atoms with Crippen molar-refractivity contribution < 1.29 is 42.1 Å². The Bertz CT molecular complexity index is 738. The summed E-state index contributed by atoms with van der Waals surface area (Å²) in [6.07, 6.45) is 21.0. The van der Waals surface area contributed by atoms with E-state index in [0.29, 0.717) is 17.4 Å². The van der Waals surface area contributed by atoms with E-state index in [2.05, 4.69) is 19.1 Å². The van der Waals surface area contributed by atoms with Crippen LogP contribution in [0.1, 0.15) is 123 Å². The second-order valence-corrected chi connectivity index (χ2v) is 13.3. The number of nitrogens with zero attached hydrogens (tertiary/aromatic N) is 1. The molecule has 1 N–H and O–H groups in total. The fourth-order valence-electron chi connectivity index (χ4n) is 3.92. The van der Waals surface area contributed by atoms with E-state index in [1.165, 1.54) is 44.9 Å². The Labute approximate surface area is 250 Å². The largest absolute Gasteiger partial charge is 0.472 e. The predicted octanol–water partition coefficient (Wildman–Crippen LogP) is 7.51. The van der Waals surface area contributed by atoms with Crippen molar-refractivity contribution in [1.29, 1.82) is 0 Å². The Morgan fingerprint density at radius 1 is 0.732 bits per heavy atom. The highest BCUT2D eigenvalue weighted by Gasteiger charge is 2.27. The maximum atomic E-state index is 12.2. The van der Waals surface area contributed by atoms with Crippen LogP contribution in [0.4, 0.5) is 0 Å². The van der Waals surface area contributed by atoms with E-state index >= 15 is 0 Å². The third kappa shape index (κ3) is 28.6. The molecule has 0 bridgehead atoms. The number of esters is 2. The van der Waals surface area contributed by atoms with Gasteiger partial charge in [0.25, 0.3) is 0 Å². The molecular formula is C31H61NO8P+. The van der Waals surface area contributed by atoms with Gasteiger partial charge in [0.15, 0.2) is 6.10 Å². The van der Waals surface area contributed by atoms with Crippen LogP contribution in [0.3, 0.4) is 0 Å². The molecule has 9 nitrogen and oxygen atoms in total. The van der Waals surface area contributed by atoms with Crippen molar-refractivity contribution in [2.45, 2.75) is 129 Å². The van der Waals surface area contributed by atoms with Gasteiger partial charge in [-0.05, 0) is 38.5 Å². The second-order valence-electron chi connectivity index (χ2n) is 11.8. The van der Waals surface area contributed by atoms with Gasteiger partial charge in [-0.2, -0.15) is 0 Å². The lowest BCUT2D eigenvalue weighted by molar-refractivity contribution is -0.870. The van der Waals surface area contributed by atoms with E-state index in [1.807, 2.05) is 28.1 Å². The number of hydrogen-bond acceptors (Lipinski definition) is 7. The minimum absolute atomic E-state index is 0.0309. The number of likely N-dealkylation sites (N-methyl/N-ethyl adjacent to an activating group) is 1. The highest BCUT2D eigenvalue weighted by molar-refractivity contribution is 7.47. The number of ether oxygens (including phenoxy) is 2. The van der Waals surface area contributed by atoms with Gasteiger partial charge in [0.05, 0.1) is 27.7 Å². The number of rotatable bonds is 28. The van der Waals surface area contributed by atoms with Gasteiger partial charge in [-0.15, -0.1) is 0 Å². The minimum atomic E-state index is -4.34. The normalized spacial score (nSPS) is 14.2. The number of phosphoric ester groups is 1. The number of phosphoric acid groups is 1. The number of carbonyl (C=O) groups is 2. The van der Waals surface area contributed by atoms with Crippen LogP contribution < -0.4 is 0 Å². The number of allylic oxidation sites excluding steroid dienone is 2. The van der Waals surface area contributed by atoms with Crippen LogP contribution >= 0.6 is 7.82 Å². The van der Waals surface area contributed by atoms with Crippen LogP contribution in [0.15, 0.2) is 12.2 Å². The van der Waals surface area contributed by atoms with Gasteiger partial charge in [0.1, 0.15) is 19.8 Å². The summed E-state index contributed by atoms with van der Waals surface area (Å²) in [5.41, 5.74) is 0. The zero-order valence-corrected chi connectivity index (χ0v) is 27.7. The molecule has 0 aromatic heterocycles. The van der Waals surface area contributed by atoms with Crippen molar-refractivity contribution in [3.63, 3.8) is 0 Å². The summed E-state index contributed by atoms with van der Waals surface area (Å²) in [5, 5.41) is 0. The number of quaternary nitrogens is 1. The molecule has 10 heteroatoms. The van der Waals surface area contributed by atoms with Crippen LogP contribution in [-0.2, 0) is 32.7 Å². The van der Waals surface area contributed by atoms with Crippen LogP contribution in [0.25, 0.3) is 0 Å². The Balaban J connectivity index is 4.19. The summed E-state index contributed by atoms with van der Waals surface area (Å²) in [7, 11) is 1.47. The molecule has 41 heavy (non-hydrogen) atoms. The van der Waals surface area contributed by atoms with E-state index in [9.17, 15) is 19.0 Å². The Kier molecular flexibility index (Phi) is 24.5. The average Bonchev–Trinajstić information content (AvgIpc) is 2.90. The van der Waals surface area contributed by atoms with Crippen molar-refractivity contribution in [1.82, 2.24) is 0 Å². The maximum absolute atomic E-state index is 12.2. The van der Waals surface area contributed by atoms with Crippen LogP contribution in [0, 0.1) is 0 Å². The van der Waals surface area contributed by atoms with Gasteiger partial charge in [-0.3, -0.25) is 18.6 Å². The van der Waals surface area contributed by atoms with Gasteiger partial charge < -0.3 is 18.9 Å². The monoisotopic (exact) mass is 606 g/mol. The summed E-state index contributed by atoms with van der Waals surface area (Å²) in [4.78, 5) is 34.3. The Morgan fingerprint density at radius 2 is 1.27 bits per heavy atom. The van der Waals surface area contributed by atoms with Gasteiger partial charge in [-0.1, -0.05) is 83.8 Å². The molecular weight excluding hydrogens is 545 g/mol. The molecule has 0 amide bonds. The quantitative estimate of drug-likeness (QED) is 0.0321. The summed E-state index contributed by atoms with van der Waals surface area (Å²) in [6.45, 7) is 4.10. The fraction of sp³-hybridized carbons (Fsp3) is 0.871. The van der Waals surface area contributed by atoms with E-state index < -0.39 is 26.5 Å². The fourth-order valence-corrected chi connectivity index (χ4v) is 4.67. The molecule has 0 aliphatic heterocycles. The third-order valence-corrected chi connectivity index (χ3v) is 7.53. The first kappa shape index (κ1) is 39.8. The first-order valence-corrected chi connectivity index (χ1v) is 17.4. The Hall–Kier alpha value is -1.25. The van der Waals surface area contributed by atoms with E-state index in [1.54, 1.807) is 0 Å². The minimum Gasteiger partial charge on any atom is -0.462 e. The van der Waals surface area contributed by atoms with Crippen molar-refractivity contribution in [2.24, 2.45) is 0 Å². The summed E-state index contributed by atoms with van der Waals surface area (Å²) in [6, 6.07) is 0. The van der Waals surface area contributed by atoms with Crippen LogP contribution in [-0.4, -0.2) is 74.9 Å². The Morgan fingerprint density at radius 3 is 1.85 bits per heavy atom. The smallest absolute Gasteiger partial charge is 0.462 e. The van der Waals surface area contributed by atoms with Crippen molar-refractivity contribution in [3.05, 3.63) is 12.2 Å². The third-order valence-electron chi connectivity index (χ3n) is 6.55. The summed E-state index contributed by atoms with van der Waals surface area (Å²) in [5.74, 6) is -0.851. The first-order valence-electron chi connectivity index (χ1n) is 15.9. The highest BCUT2D eigenvalue weighted by Crippen LogP contribution is 2.43. The van der Waals surface area contributed by atoms with Gasteiger partial charge in [-0.25, -0.2) is 4.57 Å². The summed E-state index contributed by atoms with van der Waals surface area (Å²) >= 11 is 0. The topological polar surface area (TPSA) is 108 Å². The molecule has 0 aromatic carbocycles. The lowest BCUT2D eigenvalue weighted by Crippen LogP contribution is -2.37. The zero-order valence-electron chi connectivity index (χ0n) is 26.8. The second kappa shape index (κ2) is 25.3. The van der Waals surface area contributed by atoms with E-state index in [-0.39, 0.29) is 32.0 Å². The molecule has 0 aliphatic carbocycles. The predicted molar refractivity (Wildman–Crippen MR) is 164 cm³/mol. The lowest BCUT2D eigenvalue weighted by atomic mass is 10.1. The molecule has 242 valence electrons. The molecule has 0 fully saturated rings. The first-order chi connectivity index (χ1) is 19.5. The van der Waals surface area contributed by atoms with Gasteiger partial charge in [0.2, 0.25) is 0 Å². The van der Waals surface area contributed by atoms with E-state index in [4.69, 9.17) is 18.5 Å². The standard InChI is InChI=1S/C31H60NO8P/c1-6-8-10-11-12-13-14-15-16-17-18-19-20-21-22-24-30(33)37-27-29(40-31(34)23-9-7-2)28-39-41(35,36)38-26-25-32(3,4)5/h15-16,29H,6-14,17-28H2,1-5H3/p+1/b16-15+/t29-/m1/s1. The van der Waals surface area contributed by atoms with Crippen molar-refractivity contribution in [3.8, 4) is 0 Å².